The quantitative estimate of drug-likeness (QED) is 0.883. The van der Waals surface area contributed by atoms with E-state index in [2.05, 4.69) is 15.0 Å². The van der Waals surface area contributed by atoms with Gasteiger partial charge in [0.05, 0.1) is 0 Å². The van der Waals surface area contributed by atoms with Crippen LogP contribution in [-0.2, 0) is 0 Å². The summed E-state index contributed by atoms with van der Waals surface area (Å²) in [5, 5.41) is 3.27. The Balaban J connectivity index is 0.00000220. The molecule has 1 atom stereocenters. The van der Waals surface area contributed by atoms with Gasteiger partial charge >= 0.3 is 6.36 Å². The zero-order valence-electron chi connectivity index (χ0n) is 12.2. The molecule has 2 rings (SSSR count). The third-order valence-corrected chi connectivity index (χ3v) is 3.46. The zero-order chi connectivity index (χ0) is 14.6. The number of hydrogen-bond donors (Lipinski definition) is 1. The fourth-order valence-corrected chi connectivity index (χ4v) is 2.62. The standard InChI is InChI=1S/C14H19F3N2O.2ClH/c1-2-13(19-8-6-18-7-9-19)11-4-3-5-12(10-11)20-14(15,16)17;;/h3-5,10,13,18H,2,6-9H2,1H3;2*1H/t13-;;/m0../s1. The Morgan fingerprint density at radius 1 is 1.23 bits per heavy atom. The normalized spacial score (nSPS) is 17.1. The van der Waals surface area contributed by atoms with Crippen LogP contribution in [0.3, 0.4) is 0 Å². The van der Waals surface area contributed by atoms with E-state index in [1.807, 2.05) is 13.0 Å². The van der Waals surface area contributed by atoms with Crippen molar-refractivity contribution in [3.63, 3.8) is 0 Å². The molecule has 0 unspecified atom stereocenters. The molecule has 0 radical (unpaired) electrons. The van der Waals surface area contributed by atoms with Crippen molar-refractivity contribution in [2.45, 2.75) is 25.7 Å². The van der Waals surface area contributed by atoms with Gasteiger partial charge in [-0.1, -0.05) is 19.1 Å². The molecule has 0 spiro atoms. The molecule has 3 nitrogen and oxygen atoms in total. The molecule has 8 heteroatoms. The van der Waals surface area contributed by atoms with E-state index in [9.17, 15) is 13.2 Å². The second kappa shape index (κ2) is 9.45. The van der Waals surface area contributed by atoms with Crippen molar-refractivity contribution in [3.8, 4) is 5.75 Å². The molecule has 1 aliphatic heterocycles. The van der Waals surface area contributed by atoms with Crippen LogP contribution >= 0.6 is 24.8 Å². The summed E-state index contributed by atoms with van der Waals surface area (Å²) in [5.74, 6) is -0.149. The lowest BCUT2D eigenvalue weighted by atomic mass is 10.0. The fourth-order valence-electron chi connectivity index (χ4n) is 2.62. The molecule has 0 bridgehead atoms. The minimum absolute atomic E-state index is 0. The van der Waals surface area contributed by atoms with Crippen molar-refractivity contribution >= 4 is 24.8 Å². The molecule has 0 aliphatic carbocycles. The Hall–Kier alpha value is -0.690. The summed E-state index contributed by atoms with van der Waals surface area (Å²) in [6.45, 7) is 5.68. The second-order valence-corrected chi connectivity index (χ2v) is 4.83. The largest absolute Gasteiger partial charge is 0.573 e. The third-order valence-electron chi connectivity index (χ3n) is 3.46. The van der Waals surface area contributed by atoms with Crippen molar-refractivity contribution in [2.24, 2.45) is 0 Å². The van der Waals surface area contributed by atoms with E-state index in [4.69, 9.17) is 0 Å². The number of benzene rings is 1. The molecule has 22 heavy (non-hydrogen) atoms. The third kappa shape index (κ3) is 6.20. The molecule has 0 aromatic heterocycles. The van der Waals surface area contributed by atoms with Gasteiger partial charge < -0.3 is 10.1 Å². The topological polar surface area (TPSA) is 24.5 Å². The molecule has 1 aliphatic rings. The summed E-state index contributed by atoms with van der Waals surface area (Å²) in [4.78, 5) is 2.29. The van der Waals surface area contributed by atoms with Crippen molar-refractivity contribution in [1.82, 2.24) is 10.2 Å². The van der Waals surface area contributed by atoms with Gasteiger partial charge in [0.1, 0.15) is 5.75 Å². The average Bonchev–Trinajstić information content (AvgIpc) is 2.39. The highest BCUT2D eigenvalue weighted by Crippen LogP contribution is 2.29. The lowest BCUT2D eigenvalue weighted by Gasteiger charge is -2.34. The first-order valence-electron chi connectivity index (χ1n) is 6.80. The average molecular weight is 361 g/mol. The number of alkyl halides is 3. The minimum Gasteiger partial charge on any atom is -0.406 e. The van der Waals surface area contributed by atoms with Gasteiger partial charge in [-0.25, -0.2) is 0 Å². The van der Waals surface area contributed by atoms with E-state index in [1.54, 1.807) is 6.07 Å². The van der Waals surface area contributed by atoms with Crippen LogP contribution in [0.5, 0.6) is 5.75 Å². The lowest BCUT2D eigenvalue weighted by molar-refractivity contribution is -0.274. The first kappa shape index (κ1) is 21.3. The van der Waals surface area contributed by atoms with E-state index in [0.717, 1.165) is 38.2 Å². The van der Waals surface area contributed by atoms with Gasteiger partial charge in [-0.3, -0.25) is 4.90 Å². The Kier molecular flexibility index (Phi) is 9.15. The van der Waals surface area contributed by atoms with Gasteiger partial charge in [0, 0.05) is 32.2 Å². The number of ether oxygens (including phenoxy) is 1. The summed E-state index contributed by atoms with van der Waals surface area (Å²) in [5.41, 5.74) is 0.871. The van der Waals surface area contributed by atoms with E-state index < -0.39 is 6.36 Å². The van der Waals surface area contributed by atoms with Crippen LogP contribution in [0, 0.1) is 0 Å². The lowest BCUT2D eigenvalue weighted by Crippen LogP contribution is -2.45. The molecule has 128 valence electrons. The SMILES string of the molecule is CC[C@@H](c1cccc(OC(F)(F)F)c1)N1CCNCC1.Cl.Cl. The highest BCUT2D eigenvalue weighted by atomic mass is 35.5. The van der Waals surface area contributed by atoms with Gasteiger partial charge in [-0.15, -0.1) is 38.0 Å². The van der Waals surface area contributed by atoms with Gasteiger partial charge in [0.25, 0.3) is 0 Å². The van der Waals surface area contributed by atoms with Gasteiger partial charge in [0.2, 0.25) is 0 Å². The molecular weight excluding hydrogens is 340 g/mol. The Labute approximate surface area is 141 Å². The Morgan fingerprint density at radius 3 is 2.41 bits per heavy atom. The molecule has 1 aromatic rings. The highest BCUT2D eigenvalue weighted by Gasteiger charge is 2.31. The summed E-state index contributed by atoms with van der Waals surface area (Å²) in [6.07, 6.45) is -3.79. The van der Waals surface area contributed by atoms with Gasteiger partial charge in [-0.05, 0) is 24.1 Å². The zero-order valence-corrected chi connectivity index (χ0v) is 13.9. The Bertz CT molecular complexity index is 440. The predicted molar refractivity (Wildman–Crippen MR) is 85.1 cm³/mol. The number of rotatable bonds is 4. The molecular formula is C14H21Cl2F3N2O. The van der Waals surface area contributed by atoms with Crippen molar-refractivity contribution < 1.29 is 17.9 Å². The first-order valence-corrected chi connectivity index (χ1v) is 6.80. The van der Waals surface area contributed by atoms with E-state index in [-0.39, 0.29) is 36.6 Å². The van der Waals surface area contributed by atoms with Crippen molar-refractivity contribution in [1.29, 1.82) is 0 Å². The summed E-state index contributed by atoms with van der Waals surface area (Å²) >= 11 is 0. The first-order chi connectivity index (χ1) is 9.49. The molecule has 0 saturated carbocycles. The molecule has 1 N–H and O–H groups in total. The highest BCUT2D eigenvalue weighted by molar-refractivity contribution is 5.85. The van der Waals surface area contributed by atoms with E-state index in [0.29, 0.717) is 0 Å². The summed E-state index contributed by atoms with van der Waals surface area (Å²) in [7, 11) is 0. The number of halogens is 5. The molecule has 1 aromatic carbocycles. The van der Waals surface area contributed by atoms with Crippen LogP contribution in [0.25, 0.3) is 0 Å². The van der Waals surface area contributed by atoms with Gasteiger partial charge in [0.15, 0.2) is 0 Å². The maximum Gasteiger partial charge on any atom is 0.573 e. The molecule has 1 saturated heterocycles. The van der Waals surface area contributed by atoms with Crippen LogP contribution in [0.15, 0.2) is 24.3 Å². The van der Waals surface area contributed by atoms with Crippen LogP contribution in [-0.4, -0.2) is 37.4 Å². The molecule has 1 fully saturated rings. The molecule has 1 heterocycles. The van der Waals surface area contributed by atoms with E-state index in [1.165, 1.54) is 12.1 Å². The van der Waals surface area contributed by atoms with Gasteiger partial charge in [-0.2, -0.15) is 0 Å². The van der Waals surface area contributed by atoms with Crippen LogP contribution in [0.4, 0.5) is 13.2 Å². The van der Waals surface area contributed by atoms with Crippen molar-refractivity contribution in [2.75, 3.05) is 26.2 Å². The smallest absolute Gasteiger partial charge is 0.406 e. The van der Waals surface area contributed by atoms with Crippen LogP contribution in [0.1, 0.15) is 24.9 Å². The summed E-state index contributed by atoms with van der Waals surface area (Å²) < 4.78 is 40.8. The molecule has 0 amide bonds. The minimum atomic E-state index is -4.64. The maximum atomic E-state index is 12.3. The Morgan fingerprint density at radius 2 is 1.86 bits per heavy atom. The number of hydrogen-bond acceptors (Lipinski definition) is 3. The maximum absolute atomic E-state index is 12.3. The number of piperazine rings is 1. The number of nitrogens with one attached hydrogen (secondary N) is 1. The predicted octanol–water partition coefficient (Wildman–Crippen LogP) is 3.79. The fraction of sp³-hybridized carbons (Fsp3) is 0.571. The van der Waals surface area contributed by atoms with Crippen LogP contribution < -0.4 is 10.1 Å². The summed E-state index contributed by atoms with van der Waals surface area (Å²) in [6, 6.07) is 6.43. The second-order valence-electron chi connectivity index (χ2n) is 4.83. The van der Waals surface area contributed by atoms with Crippen LogP contribution in [0.2, 0.25) is 0 Å². The van der Waals surface area contributed by atoms with Crippen molar-refractivity contribution in [3.05, 3.63) is 29.8 Å². The number of nitrogens with zero attached hydrogens (tertiary/aromatic N) is 1. The van der Waals surface area contributed by atoms with E-state index >= 15 is 0 Å². The monoisotopic (exact) mass is 360 g/mol.